The molecule has 0 fully saturated rings. The van der Waals surface area contributed by atoms with Crippen LogP contribution in [-0.4, -0.2) is 26.0 Å². The van der Waals surface area contributed by atoms with Crippen LogP contribution < -0.4 is 10.2 Å². The van der Waals surface area contributed by atoms with Gasteiger partial charge in [0.1, 0.15) is 11.4 Å². The molecule has 0 bridgehead atoms. The third kappa shape index (κ3) is 2.95. The number of ether oxygens (including phenoxy) is 1. The normalized spacial score (nSPS) is 10.3. The summed E-state index contributed by atoms with van der Waals surface area (Å²) >= 11 is 0. The maximum absolute atomic E-state index is 11.6. The van der Waals surface area contributed by atoms with Gasteiger partial charge in [0.2, 0.25) is 5.69 Å². The van der Waals surface area contributed by atoms with Crippen molar-refractivity contribution in [1.82, 2.24) is 9.78 Å². The van der Waals surface area contributed by atoms with Crippen LogP contribution in [0.5, 0.6) is 17.2 Å². The molecule has 0 aliphatic heterocycles. The maximum atomic E-state index is 11.6. The lowest BCUT2D eigenvalue weighted by atomic mass is 10.2. The van der Waals surface area contributed by atoms with Crippen molar-refractivity contribution >= 4 is 5.97 Å². The van der Waals surface area contributed by atoms with Gasteiger partial charge in [-0.15, -0.1) is 0 Å². The van der Waals surface area contributed by atoms with Gasteiger partial charge in [-0.25, -0.2) is 9.48 Å². The molecule has 7 nitrogen and oxygen atoms in total. The quantitative estimate of drug-likeness (QED) is 0.764. The number of aromatic hydroxyl groups is 1. The number of para-hydroxylation sites is 3. The lowest BCUT2D eigenvalue weighted by Crippen LogP contribution is -2.21. The van der Waals surface area contributed by atoms with Crippen LogP contribution >= 0.6 is 0 Å². The van der Waals surface area contributed by atoms with E-state index in [-0.39, 0.29) is 0 Å². The van der Waals surface area contributed by atoms with Crippen LogP contribution in [0.1, 0.15) is 10.5 Å². The van der Waals surface area contributed by atoms with Crippen LogP contribution in [0.2, 0.25) is 0 Å². The van der Waals surface area contributed by atoms with E-state index >= 15 is 0 Å². The van der Waals surface area contributed by atoms with E-state index in [1.807, 2.05) is 18.2 Å². The molecule has 2 aromatic carbocycles. The molecule has 0 amide bonds. The number of nitrogens with zero attached hydrogens (tertiary/aromatic N) is 2. The molecule has 1 heterocycles. The molecule has 24 heavy (non-hydrogen) atoms. The highest BCUT2D eigenvalue weighted by Crippen LogP contribution is 2.27. The first kappa shape index (κ1) is 15.3. The number of carbonyl (C=O) groups is 1. The third-order valence-electron chi connectivity index (χ3n) is 3.19. The summed E-state index contributed by atoms with van der Waals surface area (Å²) in [6.07, 6.45) is 1.04. The second-order valence-electron chi connectivity index (χ2n) is 4.82. The summed E-state index contributed by atoms with van der Waals surface area (Å²) in [5.74, 6) is -1.27. The number of carboxylic acids is 1. The van der Waals surface area contributed by atoms with Gasteiger partial charge in [-0.1, -0.05) is 30.3 Å². The van der Waals surface area contributed by atoms with Gasteiger partial charge in [0.25, 0.3) is 5.43 Å². The second-order valence-corrected chi connectivity index (χ2v) is 4.82. The summed E-state index contributed by atoms with van der Waals surface area (Å²) in [7, 11) is 0. The molecule has 0 spiro atoms. The average molecular weight is 324 g/mol. The standard InChI is InChI=1S/C17H12N2O5/c20-13-10-19(18-15(16(13)21)17(22)23)12-8-4-5-9-14(12)24-11-6-2-1-3-7-11/h1-10,20H,(H,22,23). The van der Waals surface area contributed by atoms with Crippen molar-refractivity contribution in [3.8, 4) is 22.9 Å². The molecule has 0 unspecified atom stereocenters. The Morgan fingerprint density at radius 3 is 2.42 bits per heavy atom. The monoisotopic (exact) mass is 324 g/mol. The van der Waals surface area contributed by atoms with Gasteiger partial charge in [-0.2, -0.15) is 5.10 Å². The molecule has 7 heteroatoms. The van der Waals surface area contributed by atoms with E-state index in [0.29, 0.717) is 17.2 Å². The number of hydrogen-bond acceptors (Lipinski definition) is 5. The van der Waals surface area contributed by atoms with E-state index in [9.17, 15) is 14.7 Å². The first-order valence-electron chi connectivity index (χ1n) is 6.95. The molecule has 0 radical (unpaired) electrons. The van der Waals surface area contributed by atoms with Crippen LogP contribution in [0.4, 0.5) is 0 Å². The number of benzene rings is 2. The minimum Gasteiger partial charge on any atom is -0.503 e. The van der Waals surface area contributed by atoms with Crippen molar-refractivity contribution in [1.29, 1.82) is 0 Å². The summed E-state index contributed by atoms with van der Waals surface area (Å²) in [4.78, 5) is 22.7. The fourth-order valence-electron chi connectivity index (χ4n) is 2.09. The van der Waals surface area contributed by atoms with Gasteiger partial charge in [-0.05, 0) is 24.3 Å². The molecule has 120 valence electrons. The number of aromatic carboxylic acids is 1. The Morgan fingerprint density at radius 1 is 1.04 bits per heavy atom. The highest BCUT2D eigenvalue weighted by Gasteiger charge is 2.17. The first-order valence-corrected chi connectivity index (χ1v) is 6.95. The van der Waals surface area contributed by atoms with Gasteiger partial charge in [0, 0.05) is 0 Å². The molecular formula is C17H12N2O5. The zero-order valence-electron chi connectivity index (χ0n) is 12.3. The molecule has 0 saturated carbocycles. The van der Waals surface area contributed by atoms with Gasteiger partial charge in [-0.3, -0.25) is 4.79 Å². The van der Waals surface area contributed by atoms with E-state index in [2.05, 4.69) is 5.10 Å². The summed E-state index contributed by atoms with van der Waals surface area (Å²) in [5, 5.41) is 22.5. The van der Waals surface area contributed by atoms with E-state index < -0.39 is 22.8 Å². The Hall–Kier alpha value is -3.61. The molecule has 0 saturated heterocycles. The Balaban J connectivity index is 2.11. The van der Waals surface area contributed by atoms with Crippen LogP contribution in [0, 0.1) is 0 Å². The third-order valence-corrected chi connectivity index (χ3v) is 3.19. The van der Waals surface area contributed by atoms with Crippen molar-refractivity contribution in [3.05, 3.63) is 76.7 Å². The van der Waals surface area contributed by atoms with Crippen LogP contribution in [0.3, 0.4) is 0 Å². The predicted octanol–water partition coefficient (Wildman–Crippen LogP) is 2.43. The molecule has 1 aromatic heterocycles. The Labute approximate surface area is 136 Å². The van der Waals surface area contributed by atoms with Crippen LogP contribution in [-0.2, 0) is 0 Å². The molecule has 0 aliphatic carbocycles. The fraction of sp³-hybridized carbons (Fsp3) is 0. The van der Waals surface area contributed by atoms with Crippen molar-refractivity contribution in [2.45, 2.75) is 0 Å². The smallest absolute Gasteiger partial charge is 0.360 e. The van der Waals surface area contributed by atoms with Crippen molar-refractivity contribution < 1.29 is 19.7 Å². The van der Waals surface area contributed by atoms with Crippen LogP contribution in [0.15, 0.2) is 65.6 Å². The van der Waals surface area contributed by atoms with Crippen LogP contribution in [0.25, 0.3) is 5.69 Å². The van der Waals surface area contributed by atoms with Crippen molar-refractivity contribution in [2.24, 2.45) is 0 Å². The van der Waals surface area contributed by atoms with Gasteiger partial charge in [0.15, 0.2) is 11.5 Å². The zero-order valence-corrected chi connectivity index (χ0v) is 12.3. The summed E-state index contributed by atoms with van der Waals surface area (Å²) < 4.78 is 6.86. The largest absolute Gasteiger partial charge is 0.503 e. The number of rotatable bonds is 4. The number of aromatic nitrogens is 2. The van der Waals surface area contributed by atoms with E-state index in [1.165, 1.54) is 0 Å². The minimum atomic E-state index is -1.52. The molecule has 3 aromatic rings. The Morgan fingerprint density at radius 2 is 1.71 bits per heavy atom. The lowest BCUT2D eigenvalue weighted by Gasteiger charge is -2.13. The SMILES string of the molecule is O=C(O)c1nn(-c2ccccc2Oc2ccccc2)cc(O)c1=O. The second kappa shape index (κ2) is 6.25. The number of carboxylic acid groups (broad SMARTS) is 1. The van der Waals surface area contributed by atoms with Gasteiger partial charge >= 0.3 is 5.97 Å². The summed E-state index contributed by atoms with van der Waals surface area (Å²) in [6, 6.07) is 15.7. The minimum absolute atomic E-state index is 0.374. The molecule has 2 N–H and O–H groups in total. The number of hydrogen-bond donors (Lipinski definition) is 2. The Bertz CT molecular complexity index is 951. The lowest BCUT2D eigenvalue weighted by molar-refractivity contribution is 0.0686. The summed E-state index contributed by atoms with van der Waals surface area (Å²) in [5.41, 5.74) is -1.44. The predicted molar refractivity (Wildman–Crippen MR) is 85.0 cm³/mol. The van der Waals surface area contributed by atoms with Crippen molar-refractivity contribution in [3.63, 3.8) is 0 Å². The molecule has 0 atom stereocenters. The summed E-state index contributed by atoms with van der Waals surface area (Å²) in [6.45, 7) is 0. The Kier molecular flexibility index (Phi) is 3.98. The van der Waals surface area contributed by atoms with Gasteiger partial charge in [0.05, 0.1) is 6.20 Å². The topological polar surface area (TPSA) is 102 Å². The molecule has 0 aliphatic rings. The highest BCUT2D eigenvalue weighted by molar-refractivity contribution is 5.85. The molecule has 3 rings (SSSR count). The zero-order chi connectivity index (χ0) is 17.1. The first-order chi connectivity index (χ1) is 11.6. The van der Waals surface area contributed by atoms with E-state index in [0.717, 1.165) is 10.9 Å². The molecular weight excluding hydrogens is 312 g/mol. The average Bonchev–Trinajstić information content (AvgIpc) is 2.58. The van der Waals surface area contributed by atoms with Crippen molar-refractivity contribution in [2.75, 3.05) is 0 Å². The fourth-order valence-corrected chi connectivity index (χ4v) is 2.09. The van der Waals surface area contributed by atoms with Gasteiger partial charge < -0.3 is 14.9 Å². The highest BCUT2D eigenvalue weighted by atomic mass is 16.5. The van der Waals surface area contributed by atoms with E-state index in [4.69, 9.17) is 9.84 Å². The van der Waals surface area contributed by atoms with E-state index in [1.54, 1.807) is 36.4 Å². The maximum Gasteiger partial charge on any atom is 0.360 e.